The molecule has 0 aliphatic heterocycles. The molecule has 0 unspecified atom stereocenters. The SMILES string of the molecule is Fc1ccc(Oc2c(Cl)cccc2CNC2CC2)cc1Br. The molecule has 0 amide bonds. The highest BCUT2D eigenvalue weighted by Crippen LogP contribution is 2.34. The van der Waals surface area contributed by atoms with E-state index >= 15 is 0 Å². The van der Waals surface area contributed by atoms with Crippen LogP contribution in [-0.4, -0.2) is 6.04 Å². The van der Waals surface area contributed by atoms with Crippen molar-refractivity contribution in [1.29, 1.82) is 0 Å². The van der Waals surface area contributed by atoms with E-state index in [0.29, 0.717) is 33.6 Å². The molecule has 1 fully saturated rings. The summed E-state index contributed by atoms with van der Waals surface area (Å²) in [7, 11) is 0. The molecule has 2 aromatic carbocycles. The van der Waals surface area contributed by atoms with Gasteiger partial charge in [0.25, 0.3) is 0 Å². The zero-order valence-electron chi connectivity index (χ0n) is 11.2. The van der Waals surface area contributed by atoms with E-state index in [-0.39, 0.29) is 5.82 Å². The quantitative estimate of drug-likeness (QED) is 0.772. The lowest BCUT2D eigenvalue weighted by Crippen LogP contribution is -2.15. The van der Waals surface area contributed by atoms with Gasteiger partial charge in [-0.25, -0.2) is 4.39 Å². The molecule has 1 saturated carbocycles. The predicted molar refractivity (Wildman–Crippen MR) is 85.5 cm³/mol. The number of nitrogens with one attached hydrogen (secondary N) is 1. The van der Waals surface area contributed by atoms with E-state index in [1.54, 1.807) is 18.2 Å². The Morgan fingerprint density at radius 3 is 2.81 bits per heavy atom. The van der Waals surface area contributed by atoms with Gasteiger partial charge in [-0.1, -0.05) is 23.7 Å². The number of benzene rings is 2. The lowest BCUT2D eigenvalue weighted by atomic mass is 10.2. The van der Waals surface area contributed by atoms with Crippen molar-refractivity contribution in [2.24, 2.45) is 0 Å². The van der Waals surface area contributed by atoms with Gasteiger partial charge in [-0.05, 0) is 53.0 Å². The zero-order chi connectivity index (χ0) is 14.8. The molecule has 110 valence electrons. The average Bonchev–Trinajstić information content (AvgIpc) is 3.28. The van der Waals surface area contributed by atoms with Crippen molar-refractivity contribution >= 4 is 27.5 Å². The summed E-state index contributed by atoms with van der Waals surface area (Å²) < 4.78 is 19.5. The minimum atomic E-state index is -0.322. The largest absolute Gasteiger partial charge is 0.455 e. The summed E-state index contributed by atoms with van der Waals surface area (Å²) in [6, 6.07) is 10.8. The lowest BCUT2D eigenvalue weighted by molar-refractivity contribution is 0.470. The van der Waals surface area contributed by atoms with E-state index in [1.807, 2.05) is 12.1 Å². The highest BCUT2D eigenvalue weighted by molar-refractivity contribution is 9.10. The fourth-order valence-electron chi connectivity index (χ4n) is 2.01. The van der Waals surface area contributed by atoms with Crippen molar-refractivity contribution in [2.75, 3.05) is 0 Å². The molecule has 5 heteroatoms. The Balaban J connectivity index is 1.83. The van der Waals surface area contributed by atoms with Crippen molar-refractivity contribution in [3.8, 4) is 11.5 Å². The maximum atomic E-state index is 13.3. The number of halogens is 3. The zero-order valence-corrected chi connectivity index (χ0v) is 13.5. The highest BCUT2D eigenvalue weighted by Gasteiger charge is 2.21. The molecular formula is C16H14BrClFNO. The van der Waals surface area contributed by atoms with Crippen LogP contribution in [0, 0.1) is 5.82 Å². The molecule has 0 radical (unpaired) electrons. The second-order valence-electron chi connectivity index (χ2n) is 5.06. The third-order valence-electron chi connectivity index (χ3n) is 3.32. The molecule has 0 atom stereocenters. The summed E-state index contributed by atoms with van der Waals surface area (Å²) in [5, 5.41) is 3.99. The Bertz CT molecular complexity index is 661. The van der Waals surface area contributed by atoms with E-state index in [1.165, 1.54) is 18.9 Å². The molecule has 0 saturated heterocycles. The molecule has 1 N–H and O–H groups in total. The van der Waals surface area contributed by atoms with Gasteiger partial charge in [0.2, 0.25) is 0 Å². The molecule has 21 heavy (non-hydrogen) atoms. The molecule has 0 aromatic heterocycles. The first-order valence-corrected chi connectivity index (χ1v) is 7.94. The second kappa shape index (κ2) is 6.34. The van der Waals surface area contributed by atoms with Gasteiger partial charge in [0.1, 0.15) is 17.3 Å². The van der Waals surface area contributed by atoms with E-state index < -0.39 is 0 Å². The van der Waals surface area contributed by atoms with Crippen LogP contribution in [0.5, 0.6) is 11.5 Å². The Hall–Kier alpha value is -1.10. The van der Waals surface area contributed by atoms with Crippen molar-refractivity contribution in [3.05, 3.63) is 57.3 Å². The molecule has 3 rings (SSSR count). The fraction of sp³-hybridized carbons (Fsp3) is 0.250. The lowest BCUT2D eigenvalue weighted by Gasteiger charge is -2.13. The summed E-state index contributed by atoms with van der Waals surface area (Å²) in [5.74, 6) is 0.840. The monoisotopic (exact) mass is 369 g/mol. The summed E-state index contributed by atoms with van der Waals surface area (Å²) in [6.45, 7) is 0.711. The number of hydrogen-bond acceptors (Lipinski definition) is 2. The van der Waals surface area contributed by atoms with Gasteiger partial charge in [-0.15, -0.1) is 0 Å². The van der Waals surface area contributed by atoms with E-state index in [2.05, 4.69) is 21.2 Å². The average molecular weight is 371 g/mol. The van der Waals surface area contributed by atoms with Crippen LogP contribution in [0.4, 0.5) is 4.39 Å². The van der Waals surface area contributed by atoms with Crippen molar-refractivity contribution in [2.45, 2.75) is 25.4 Å². The van der Waals surface area contributed by atoms with Gasteiger partial charge in [0.15, 0.2) is 0 Å². The number of hydrogen-bond donors (Lipinski definition) is 1. The molecule has 1 aliphatic rings. The van der Waals surface area contributed by atoms with Crippen LogP contribution in [-0.2, 0) is 6.54 Å². The number of rotatable bonds is 5. The van der Waals surface area contributed by atoms with Crippen LogP contribution in [0.25, 0.3) is 0 Å². The van der Waals surface area contributed by atoms with Crippen molar-refractivity contribution in [1.82, 2.24) is 5.32 Å². The highest BCUT2D eigenvalue weighted by atomic mass is 79.9. The first kappa shape index (κ1) is 14.8. The Kier molecular flexibility index (Phi) is 4.48. The van der Waals surface area contributed by atoms with Gasteiger partial charge in [0, 0.05) is 18.2 Å². The molecule has 1 aliphatic carbocycles. The molecular weight excluding hydrogens is 357 g/mol. The van der Waals surface area contributed by atoms with Gasteiger partial charge in [0.05, 0.1) is 9.50 Å². The van der Waals surface area contributed by atoms with Gasteiger partial charge in [-0.3, -0.25) is 0 Å². The normalized spacial score (nSPS) is 14.2. The van der Waals surface area contributed by atoms with Gasteiger partial charge in [-0.2, -0.15) is 0 Å². The fourth-order valence-corrected chi connectivity index (χ4v) is 2.60. The van der Waals surface area contributed by atoms with E-state index in [0.717, 1.165) is 5.56 Å². The smallest absolute Gasteiger partial charge is 0.150 e. The Labute approximate surface area is 136 Å². The second-order valence-corrected chi connectivity index (χ2v) is 6.32. The standard InChI is InChI=1S/C16H14BrClFNO/c17-13-8-12(6-7-15(13)19)21-16-10(2-1-3-14(16)18)9-20-11-4-5-11/h1-3,6-8,11,20H,4-5,9H2. The first-order valence-electron chi connectivity index (χ1n) is 6.77. The summed E-state index contributed by atoms with van der Waals surface area (Å²) in [5.41, 5.74) is 0.995. The Morgan fingerprint density at radius 1 is 1.29 bits per heavy atom. The minimum absolute atomic E-state index is 0.322. The van der Waals surface area contributed by atoms with E-state index in [9.17, 15) is 4.39 Å². The van der Waals surface area contributed by atoms with Crippen LogP contribution in [0.15, 0.2) is 40.9 Å². The predicted octanol–water partition coefficient (Wildman–Crippen LogP) is 5.29. The van der Waals surface area contributed by atoms with Crippen molar-refractivity contribution < 1.29 is 9.13 Å². The maximum absolute atomic E-state index is 13.3. The van der Waals surface area contributed by atoms with Crippen LogP contribution in [0.1, 0.15) is 18.4 Å². The van der Waals surface area contributed by atoms with Crippen molar-refractivity contribution in [3.63, 3.8) is 0 Å². The molecule has 0 spiro atoms. The van der Waals surface area contributed by atoms with Crippen LogP contribution >= 0.6 is 27.5 Å². The van der Waals surface area contributed by atoms with Crippen LogP contribution < -0.4 is 10.1 Å². The Morgan fingerprint density at radius 2 is 2.10 bits per heavy atom. The first-order chi connectivity index (χ1) is 10.1. The topological polar surface area (TPSA) is 21.3 Å². The minimum Gasteiger partial charge on any atom is -0.455 e. The van der Waals surface area contributed by atoms with Gasteiger partial charge < -0.3 is 10.1 Å². The number of ether oxygens (including phenoxy) is 1. The number of para-hydroxylation sites is 1. The van der Waals surface area contributed by atoms with E-state index in [4.69, 9.17) is 16.3 Å². The summed E-state index contributed by atoms with van der Waals surface area (Å²) in [6.07, 6.45) is 2.45. The molecule has 2 aromatic rings. The molecule has 0 bridgehead atoms. The maximum Gasteiger partial charge on any atom is 0.150 e. The van der Waals surface area contributed by atoms with Crippen LogP contribution in [0.3, 0.4) is 0 Å². The summed E-state index contributed by atoms with van der Waals surface area (Å²) in [4.78, 5) is 0. The van der Waals surface area contributed by atoms with Crippen LogP contribution in [0.2, 0.25) is 5.02 Å². The van der Waals surface area contributed by atoms with Gasteiger partial charge >= 0.3 is 0 Å². The summed E-state index contributed by atoms with van der Waals surface area (Å²) >= 11 is 9.40. The molecule has 0 heterocycles. The third kappa shape index (κ3) is 3.76. The third-order valence-corrected chi connectivity index (χ3v) is 4.22. The molecule has 2 nitrogen and oxygen atoms in total.